The fraction of sp³-hybridized carbons (Fsp3) is 0.0714. The molecular formula is C14H10BrNO3. The van der Waals surface area contributed by atoms with Crippen LogP contribution in [-0.2, 0) is 6.42 Å². The van der Waals surface area contributed by atoms with Crippen LogP contribution in [0.3, 0.4) is 0 Å². The first-order chi connectivity index (χ1) is 9.08. The maximum atomic E-state index is 12.1. The fourth-order valence-corrected chi connectivity index (χ4v) is 2.21. The third-order valence-electron chi connectivity index (χ3n) is 2.69. The molecule has 5 heteroatoms. The van der Waals surface area contributed by atoms with Crippen molar-refractivity contribution in [3.8, 4) is 0 Å². The Kier molecular flexibility index (Phi) is 4.06. The van der Waals surface area contributed by atoms with Gasteiger partial charge in [-0.1, -0.05) is 46.3 Å². The second-order valence-corrected chi connectivity index (χ2v) is 4.86. The number of nitrogens with zero attached hydrogens (tertiary/aromatic N) is 1. The molecule has 0 bridgehead atoms. The highest BCUT2D eigenvalue weighted by Crippen LogP contribution is 2.19. The van der Waals surface area contributed by atoms with E-state index in [9.17, 15) is 14.9 Å². The number of hydrogen-bond donors (Lipinski definition) is 0. The van der Waals surface area contributed by atoms with Crippen molar-refractivity contribution in [2.24, 2.45) is 0 Å². The summed E-state index contributed by atoms with van der Waals surface area (Å²) < 4.78 is 0.752. The Hall–Kier alpha value is -2.01. The summed E-state index contributed by atoms with van der Waals surface area (Å²) in [5.41, 5.74) is 1.39. The maximum absolute atomic E-state index is 12.1. The summed E-state index contributed by atoms with van der Waals surface area (Å²) in [5.74, 6) is -0.0265. The Morgan fingerprint density at radius 3 is 2.32 bits per heavy atom. The number of carbonyl (C=O) groups is 1. The van der Waals surface area contributed by atoms with E-state index >= 15 is 0 Å². The molecule has 2 aromatic carbocycles. The lowest BCUT2D eigenvalue weighted by molar-refractivity contribution is -0.384. The molecule has 0 aliphatic carbocycles. The average Bonchev–Trinajstić information content (AvgIpc) is 2.39. The van der Waals surface area contributed by atoms with Crippen LogP contribution in [0.1, 0.15) is 15.9 Å². The quantitative estimate of drug-likeness (QED) is 0.489. The van der Waals surface area contributed by atoms with Crippen LogP contribution in [-0.4, -0.2) is 10.7 Å². The molecular weight excluding hydrogens is 310 g/mol. The summed E-state index contributed by atoms with van der Waals surface area (Å²) in [7, 11) is 0. The zero-order chi connectivity index (χ0) is 13.8. The second-order valence-electron chi connectivity index (χ2n) is 4.00. The van der Waals surface area contributed by atoms with E-state index in [1.165, 1.54) is 12.1 Å². The molecule has 0 spiro atoms. The second kappa shape index (κ2) is 5.75. The van der Waals surface area contributed by atoms with Crippen molar-refractivity contribution in [1.82, 2.24) is 0 Å². The van der Waals surface area contributed by atoms with Crippen LogP contribution in [0.4, 0.5) is 5.69 Å². The molecule has 2 rings (SSSR count). The van der Waals surface area contributed by atoms with E-state index in [1.54, 1.807) is 24.3 Å². The first-order valence-corrected chi connectivity index (χ1v) is 6.38. The Morgan fingerprint density at radius 2 is 1.74 bits per heavy atom. The summed E-state index contributed by atoms with van der Waals surface area (Å²) in [5, 5.41) is 10.5. The minimum atomic E-state index is -0.459. The molecule has 0 radical (unpaired) electrons. The summed E-state index contributed by atoms with van der Waals surface area (Å²) in [6.45, 7) is 0. The summed E-state index contributed by atoms with van der Waals surface area (Å²) in [6, 6.07) is 13.2. The van der Waals surface area contributed by atoms with Crippen LogP contribution in [0.15, 0.2) is 53.0 Å². The molecule has 0 saturated heterocycles. The van der Waals surface area contributed by atoms with Crippen molar-refractivity contribution in [3.63, 3.8) is 0 Å². The van der Waals surface area contributed by atoms with E-state index in [0.717, 1.165) is 10.0 Å². The predicted octanol–water partition coefficient (Wildman–Crippen LogP) is 3.78. The van der Waals surface area contributed by atoms with Gasteiger partial charge in [0.2, 0.25) is 0 Å². The van der Waals surface area contributed by atoms with Gasteiger partial charge in [0, 0.05) is 28.6 Å². The van der Waals surface area contributed by atoms with Crippen LogP contribution in [0.25, 0.3) is 0 Å². The van der Waals surface area contributed by atoms with Crippen LogP contribution >= 0.6 is 15.9 Å². The lowest BCUT2D eigenvalue weighted by Gasteiger charge is -2.03. The molecule has 96 valence electrons. The first-order valence-electron chi connectivity index (χ1n) is 5.59. The number of rotatable bonds is 4. The van der Waals surface area contributed by atoms with Gasteiger partial charge in [-0.2, -0.15) is 0 Å². The molecule has 4 nitrogen and oxygen atoms in total. The highest BCUT2D eigenvalue weighted by atomic mass is 79.9. The SMILES string of the molecule is O=C(Cc1ccc([N+](=O)[O-])cc1)c1ccccc1Br. The molecule has 0 fully saturated rings. The smallest absolute Gasteiger partial charge is 0.269 e. The van der Waals surface area contributed by atoms with Crippen molar-refractivity contribution in [3.05, 3.63) is 74.2 Å². The lowest BCUT2D eigenvalue weighted by atomic mass is 10.0. The van der Waals surface area contributed by atoms with Crippen LogP contribution in [0.2, 0.25) is 0 Å². The number of benzene rings is 2. The molecule has 0 amide bonds. The molecule has 0 aromatic heterocycles. The molecule has 0 aliphatic rings. The number of non-ortho nitro benzene ring substituents is 1. The van der Waals surface area contributed by atoms with Gasteiger partial charge < -0.3 is 0 Å². The minimum absolute atomic E-state index is 0.0251. The third-order valence-corrected chi connectivity index (χ3v) is 3.38. The van der Waals surface area contributed by atoms with Gasteiger partial charge in [0.1, 0.15) is 0 Å². The highest BCUT2D eigenvalue weighted by Gasteiger charge is 2.11. The molecule has 0 aliphatic heterocycles. The van der Waals surface area contributed by atoms with Crippen molar-refractivity contribution in [1.29, 1.82) is 0 Å². The van der Waals surface area contributed by atoms with Crippen molar-refractivity contribution >= 4 is 27.4 Å². The van der Waals surface area contributed by atoms with E-state index in [0.29, 0.717) is 5.56 Å². The zero-order valence-corrected chi connectivity index (χ0v) is 11.5. The Labute approximate surface area is 118 Å². The molecule has 0 unspecified atom stereocenters. The van der Waals surface area contributed by atoms with Crippen LogP contribution in [0.5, 0.6) is 0 Å². The lowest BCUT2D eigenvalue weighted by Crippen LogP contribution is -2.04. The van der Waals surface area contributed by atoms with Gasteiger partial charge in [-0.3, -0.25) is 14.9 Å². The zero-order valence-electron chi connectivity index (χ0n) is 9.88. The number of nitro benzene ring substituents is 1. The molecule has 2 aromatic rings. The molecule has 0 saturated carbocycles. The van der Waals surface area contributed by atoms with Crippen molar-refractivity contribution in [2.45, 2.75) is 6.42 Å². The summed E-state index contributed by atoms with van der Waals surface area (Å²) in [6.07, 6.45) is 0.223. The van der Waals surface area contributed by atoms with Crippen molar-refractivity contribution in [2.75, 3.05) is 0 Å². The van der Waals surface area contributed by atoms with Gasteiger partial charge in [0.15, 0.2) is 5.78 Å². The Morgan fingerprint density at radius 1 is 1.11 bits per heavy atom. The van der Waals surface area contributed by atoms with Crippen LogP contribution < -0.4 is 0 Å². The Balaban J connectivity index is 2.15. The van der Waals surface area contributed by atoms with E-state index in [-0.39, 0.29) is 17.9 Å². The molecule has 0 atom stereocenters. The monoisotopic (exact) mass is 319 g/mol. The molecule has 0 heterocycles. The summed E-state index contributed by atoms with van der Waals surface area (Å²) in [4.78, 5) is 22.2. The number of hydrogen-bond acceptors (Lipinski definition) is 3. The number of halogens is 1. The van der Waals surface area contributed by atoms with Gasteiger partial charge >= 0.3 is 0 Å². The average molecular weight is 320 g/mol. The number of ketones is 1. The predicted molar refractivity (Wildman–Crippen MR) is 75.3 cm³/mol. The number of Topliss-reactive ketones (excluding diaryl/α,β-unsaturated/α-hetero) is 1. The van der Waals surface area contributed by atoms with Gasteiger partial charge in [-0.05, 0) is 11.6 Å². The molecule has 0 N–H and O–H groups in total. The summed E-state index contributed by atoms with van der Waals surface area (Å²) >= 11 is 3.33. The third kappa shape index (κ3) is 3.26. The van der Waals surface area contributed by atoms with E-state index < -0.39 is 4.92 Å². The number of nitro groups is 1. The van der Waals surface area contributed by atoms with Gasteiger partial charge in [-0.25, -0.2) is 0 Å². The highest BCUT2D eigenvalue weighted by molar-refractivity contribution is 9.10. The minimum Gasteiger partial charge on any atom is -0.294 e. The topological polar surface area (TPSA) is 60.2 Å². The Bertz CT molecular complexity index is 623. The van der Waals surface area contributed by atoms with Gasteiger partial charge in [-0.15, -0.1) is 0 Å². The van der Waals surface area contributed by atoms with Crippen LogP contribution in [0, 0.1) is 10.1 Å². The largest absolute Gasteiger partial charge is 0.294 e. The normalized spacial score (nSPS) is 10.2. The first kappa shape index (κ1) is 13.4. The standard InChI is InChI=1S/C14H10BrNO3/c15-13-4-2-1-3-12(13)14(17)9-10-5-7-11(8-6-10)16(18)19/h1-8H,9H2. The van der Waals surface area contributed by atoms with E-state index in [2.05, 4.69) is 15.9 Å². The molecule has 19 heavy (non-hydrogen) atoms. The fourth-order valence-electron chi connectivity index (χ4n) is 1.70. The maximum Gasteiger partial charge on any atom is 0.269 e. The van der Waals surface area contributed by atoms with Crippen molar-refractivity contribution < 1.29 is 9.72 Å². The van der Waals surface area contributed by atoms with Gasteiger partial charge in [0.25, 0.3) is 5.69 Å². The number of carbonyl (C=O) groups excluding carboxylic acids is 1. The van der Waals surface area contributed by atoms with Gasteiger partial charge in [0.05, 0.1) is 4.92 Å². The van der Waals surface area contributed by atoms with E-state index in [4.69, 9.17) is 0 Å². The van der Waals surface area contributed by atoms with E-state index in [1.807, 2.05) is 12.1 Å².